The van der Waals surface area contributed by atoms with E-state index in [0.29, 0.717) is 22.1 Å². The Kier molecular flexibility index (Phi) is 5.31. The number of halogens is 6. The Balaban J connectivity index is 1.81. The molecule has 7 nitrogen and oxygen atoms in total. The smallest absolute Gasteiger partial charge is 0.394 e. The van der Waals surface area contributed by atoms with Gasteiger partial charge < -0.3 is 10.4 Å². The van der Waals surface area contributed by atoms with Gasteiger partial charge in [0.05, 0.1) is 17.7 Å². The zero-order valence-corrected chi connectivity index (χ0v) is 16.7. The molecule has 2 aromatic carbocycles. The molecule has 0 aliphatic carbocycles. The number of carbonyl (C=O) groups excluding carboxylic acids is 1. The van der Waals surface area contributed by atoms with Crippen LogP contribution in [0.25, 0.3) is 27.8 Å². The summed E-state index contributed by atoms with van der Waals surface area (Å²) >= 11 is 0. The molecule has 4 rings (SSSR count). The van der Waals surface area contributed by atoms with E-state index in [-0.39, 0.29) is 11.2 Å². The van der Waals surface area contributed by atoms with E-state index in [9.17, 15) is 31.1 Å². The van der Waals surface area contributed by atoms with E-state index in [1.54, 1.807) is 5.32 Å². The first-order valence-electron chi connectivity index (χ1n) is 9.41. The molecular formula is C20H15F6N5O2. The predicted molar refractivity (Wildman–Crippen MR) is 105 cm³/mol. The van der Waals surface area contributed by atoms with E-state index in [0.717, 1.165) is 12.1 Å². The lowest BCUT2D eigenvalue weighted by Gasteiger charge is -2.19. The van der Waals surface area contributed by atoms with Crippen molar-refractivity contribution in [3.05, 3.63) is 53.6 Å². The molecule has 0 aliphatic heterocycles. The Bertz CT molecular complexity index is 1340. The van der Waals surface area contributed by atoms with Crippen LogP contribution in [0.15, 0.2) is 42.5 Å². The molecule has 0 bridgehead atoms. The standard InChI is InChI=1S/C20H15F6N5O2/c1-30-28-16-13-8-10(18(33)27-15(9-32)20(24,25)26)2-7-14(13)31(17(16)29-30)12-5-3-11(4-6-12)19(21,22)23/h2-8,15,32H,9H2,1H3,(H,27,33)/t15-/m0/s1. The number of carbonyl (C=O) groups is 1. The monoisotopic (exact) mass is 471 g/mol. The van der Waals surface area contributed by atoms with E-state index in [1.807, 2.05) is 0 Å². The molecule has 0 saturated carbocycles. The maximum Gasteiger partial charge on any atom is 0.416 e. The third-order valence-electron chi connectivity index (χ3n) is 5.00. The average molecular weight is 471 g/mol. The quantitative estimate of drug-likeness (QED) is 0.446. The van der Waals surface area contributed by atoms with Gasteiger partial charge in [0.2, 0.25) is 0 Å². The molecule has 2 heterocycles. The number of aliphatic hydroxyl groups excluding tert-OH is 1. The number of hydrogen-bond acceptors (Lipinski definition) is 4. The number of amides is 1. The number of aryl methyl sites for hydroxylation is 1. The largest absolute Gasteiger partial charge is 0.416 e. The fourth-order valence-corrected chi connectivity index (χ4v) is 3.43. The predicted octanol–water partition coefficient (Wildman–Crippen LogP) is 3.58. The number of benzene rings is 2. The summed E-state index contributed by atoms with van der Waals surface area (Å²) in [6.45, 7) is -1.32. The minimum absolute atomic E-state index is 0.123. The highest BCUT2D eigenvalue weighted by molar-refractivity contribution is 6.08. The van der Waals surface area contributed by atoms with Crippen LogP contribution in [0.3, 0.4) is 0 Å². The molecule has 2 aromatic heterocycles. The molecule has 0 unspecified atom stereocenters. The first kappa shape index (κ1) is 22.6. The van der Waals surface area contributed by atoms with Crippen molar-refractivity contribution in [1.82, 2.24) is 24.9 Å². The Hall–Kier alpha value is -3.61. The van der Waals surface area contributed by atoms with Crippen LogP contribution in [-0.2, 0) is 13.2 Å². The van der Waals surface area contributed by atoms with E-state index in [4.69, 9.17) is 5.11 Å². The zero-order valence-electron chi connectivity index (χ0n) is 16.7. The second kappa shape index (κ2) is 7.76. The second-order valence-corrected chi connectivity index (χ2v) is 7.22. The lowest BCUT2D eigenvalue weighted by atomic mass is 10.1. The summed E-state index contributed by atoms with van der Waals surface area (Å²) in [5, 5.41) is 19.5. The normalized spacial score (nSPS) is 13.6. The van der Waals surface area contributed by atoms with Crippen molar-refractivity contribution in [1.29, 1.82) is 0 Å². The highest BCUT2D eigenvalue weighted by Crippen LogP contribution is 2.33. The van der Waals surface area contributed by atoms with Crippen molar-refractivity contribution in [2.45, 2.75) is 18.4 Å². The van der Waals surface area contributed by atoms with Crippen LogP contribution in [0.5, 0.6) is 0 Å². The van der Waals surface area contributed by atoms with Gasteiger partial charge in [0.1, 0.15) is 11.6 Å². The van der Waals surface area contributed by atoms with Crippen LogP contribution in [0.4, 0.5) is 26.3 Å². The van der Waals surface area contributed by atoms with Crippen LogP contribution in [0, 0.1) is 0 Å². The molecule has 0 saturated heterocycles. The van der Waals surface area contributed by atoms with Crippen molar-refractivity contribution in [3.8, 4) is 5.69 Å². The van der Waals surface area contributed by atoms with Crippen LogP contribution in [0.2, 0.25) is 0 Å². The van der Waals surface area contributed by atoms with Gasteiger partial charge in [-0.15, -0.1) is 5.10 Å². The van der Waals surface area contributed by atoms with Gasteiger partial charge in [-0.2, -0.15) is 36.2 Å². The first-order chi connectivity index (χ1) is 15.4. The number of hydrogen-bond donors (Lipinski definition) is 2. The van der Waals surface area contributed by atoms with E-state index < -0.39 is 36.5 Å². The number of nitrogens with zero attached hydrogens (tertiary/aromatic N) is 4. The number of rotatable bonds is 4. The molecule has 0 spiro atoms. The van der Waals surface area contributed by atoms with Gasteiger partial charge in [-0.3, -0.25) is 9.36 Å². The van der Waals surface area contributed by atoms with E-state index >= 15 is 0 Å². The third-order valence-corrected chi connectivity index (χ3v) is 5.00. The average Bonchev–Trinajstić information content (AvgIpc) is 3.24. The van der Waals surface area contributed by atoms with Gasteiger partial charge in [0, 0.05) is 23.7 Å². The second-order valence-electron chi connectivity index (χ2n) is 7.22. The van der Waals surface area contributed by atoms with Crippen molar-refractivity contribution < 1.29 is 36.2 Å². The SMILES string of the molecule is Cn1nc2c3cc(C(=O)N[C@@H](CO)C(F)(F)F)ccc3n(-c3ccc(C(F)(F)F)cc3)c2n1. The molecular weight excluding hydrogens is 456 g/mol. The fourth-order valence-electron chi connectivity index (χ4n) is 3.43. The molecule has 0 fully saturated rings. The minimum Gasteiger partial charge on any atom is -0.394 e. The Morgan fingerprint density at radius 3 is 2.30 bits per heavy atom. The third kappa shape index (κ3) is 4.11. The maximum atomic E-state index is 12.9. The summed E-state index contributed by atoms with van der Waals surface area (Å²) in [6.07, 6.45) is -9.34. The Morgan fingerprint density at radius 1 is 1.06 bits per heavy atom. The maximum absolute atomic E-state index is 12.9. The van der Waals surface area contributed by atoms with Gasteiger partial charge in [0.25, 0.3) is 5.91 Å². The first-order valence-corrected chi connectivity index (χ1v) is 9.41. The Morgan fingerprint density at radius 2 is 1.73 bits per heavy atom. The van der Waals surface area contributed by atoms with Crippen LogP contribution < -0.4 is 5.32 Å². The number of aliphatic hydroxyl groups is 1. The lowest BCUT2D eigenvalue weighted by Crippen LogP contribution is -2.47. The van der Waals surface area contributed by atoms with E-state index in [1.165, 1.54) is 46.7 Å². The zero-order chi connectivity index (χ0) is 24.1. The van der Waals surface area contributed by atoms with Crippen LogP contribution in [0.1, 0.15) is 15.9 Å². The Labute approximate surface area is 181 Å². The molecule has 1 amide bonds. The van der Waals surface area contributed by atoms with Crippen molar-refractivity contribution in [2.75, 3.05) is 6.61 Å². The lowest BCUT2D eigenvalue weighted by molar-refractivity contribution is -0.161. The van der Waals surface area contributed by atoms with Crippen LogP contribution in [-0.4, -0.2) is 49.4 Å². The molecule has 174 valence electrons. The molecule has 33 heavy (non-hydrogen) atoms. The van der Waals surface area contributed by atoms with E-state index in [2.05, 4.69) is 10.2 Å². The summed E-state index contributed by atoms with van der Waals surface area (Å²) in [6, 6.07) is 5.92. The summed E-state index contributed by atoms with van der Waals surface area (Å²) in [5.41, 5.74) is 0.414. The summed E-state index contributed by atoms with van der Waals surface area (Å²) in [5.74, 6) is -1.06. The fraction of sp³-hybridized carbons (Fsp3) is 0.250. The minimum atomic E-state index is -4.83. The summed E-state index contributed by atoms with van der Waals surface area (Å²) < 4.78 is 79.0. The summed E-state index contributed by atoms with van der Waals surface area (Å²) in [7, 11) is 1.52. The molecule has 2 N–H and O–H groups in total. The highest BCUT2D eigenvalue weighted by atomic mass is 19.4. The number of aromatic nitrogens is 4. The number of alkyl halides is 6. The van der Waals surface area contributed by atoms with Crippen molar-refractivity contribution in [3.63, 3.8) is 0 Å². The van der Waals surface area contributed by atoms with Crippen molar-refractivity contribution >= 4 is 28.0 Å². The number of nitrogens with one attached hydrogen (secondary N) is 1. The van der Waals surface area contributed by atoms with Gasteiger partial charge in [-0.25, -0.2) is 0 Å². The number of fused-ring (bicyclic) bond motifs is 3. The summed E-state index contributed by atoms with van der Waals surface area (Å²) in [4.78, 5) is 13.6. The van der Waals surface area contributed by atoms with Crippen LogP contribution >= 0.6 is 0 Å². The molecule has 0 radical (unpaired) electrons. The van der Waals surface area contributed by atoms with Crippen molar-refractivity contribution in [2.24, 2.45) is 7.05 Å². The van der Waals surface area contributed by atoms with Gasteiger partial charge in [-0.05, 0) is 42.5 Å². The molecule has 1 atom stereocenters. The van der Waals surface area contributed by atoms with Gasteiger partial charge in [0.15, 0.2) is 5.65 Å². The molecule has 0 aliphatic rings. The molecule has 13 heteroatoms. The highest BCUT2D eigenvalue weighted by Gasteiger charge is 2.40. The topological polar surface area (TPSA) is 85.0 Å². The van der Waals surface area contributed by atoms with Gasteiger partial charge >= 0.3 is 12.4 Å². The van der Waals surface area contributed by atoms with Gasteiger partial charge in [-0.1, -0.05) is 0 Å². The molecule has 4 aromatic rings.